The average molecular weight is 199 g/mol. The Morgan fingerprint density at radius 2 is 2.38 bits per heavy atom. The second-order valence-electron chi connectivity index (χ2n) is 2.57. The van der Waals surface area contributed by atoms with E-state index in [-0.39, 0.29) is 0 Å². The lowest BCUT2D eigenvalue weighted by molar-refractivity contribution is 0.524. The van der Waals surface area contributed by atoms with Crippen molar-refractivity contribution in [1.29, 1.82) is 0 Å². The number of aromatic nitrogens is 1. The molecular weight excluding hydrogens is 186 g/mol. The highest BCUT2D eigenvalue weighted by atomic mass is 32.1. The lowest BCUT2D eigenvalue weighted by Gasteiger charge is -2.06. The minimum absolute atomic E-state index is 0.605. The Hall–Kier alpha value is -1.10. The first-order chi connectivity index (χ1) is 6.24. The predicted molar refractivity (Wildman–Crippen MR) is 54.4 cm³/mol. The molecule has 0 fully saturated rings. The van der Waals surface area contributed by atoms with Gasteiger partial charge in [0.2, 0.25) is 0 Å². The second-order valence-corrected chi connectivity index (χ2v) is 2.98. The van der Waals surface area contributed by atoms with E-state index in [2.05, 4.69) is 15.6 Å². The number of aryl methyl sites for hydroxylation is 1. The number of hydrogen-bond donors (Lipinski definition) is 2. The maximum Gasteiger partial charge on any atom is 0.181 e. The lowest BCUT2D eigenvalue weighted by Crippen LogP contribution is -2.34. The van der Waals surface area contributed by atoms with Crippen molar-refractivity contribution in [3.05, 3.63) is 17.8 Å². The molecule has 0 aliphatic carbocycles. The maximum absolute atomic E-state index is 5.04. The van der Waals surface area contributed by atoms with Crippen LogP contribution in [0.25, 0.3) is 0 Å². The molecule has 0 spiro atoms. The van der Waals surface area contributed by atoms with Gasteiger partial charge in [-0.25, -0.2) is 4.98 Å². The van der Waals surface area contributed by atoms with Crippen molar-refractivity contribution in [3.63, 3.8) is 0 Å². The molecule has 0 radical (unpaired) electrons. The summed E-state index contributed by atoms with van der Waals surface area (Å²) in [5, 5.41) is 6.66. The minimum Gasteiger partial charge on any atom is -0.448 e. The molecule has 0 amide bonds. The summed E-state index contributed by atoms with van der Waals surface area (Å²) in [6.45, 7) is 5.30. The van der Waals surface area contributed by atoms with Gasteiger partial charge in [-0.2, -0.15) is 0 Å². The molecule has 72 valence electrons. The minimum atomic E-state index is 0.605. The van der Waals surface area contributed by atoms with Crippen LogP contribution >= 0.6 is 12.2 Å². The van der Waals surface area contributed by atoms with Gasteiger partial charge in [-0.3, -0.25) is 0 Å². The number of rotatable bonds is 3. The topological polar surface area (TPSA) is 50.1 Å². The fourth-order valence-electron chi connectivity index (χ4n) is 0.885. The summed E-state index contributed by atoms with van der Waals surface area (Å²) in [7, 11) is 0. The summed E-state index contributed by atoms with van der Waals surface area (Å²) in [6.07, 6.45) is 1.43. The molecule has 0 saturated heterocycles. The molecule has 2 N–H and O–H groups in total. The van der Waals surface area contributed by atoms with Crippen LogP contribution in [0, 0.1) is 6.92 Å². The Balaban J connectivity index is 2.35. The highest BCUT2D eigenvalue weighted by Crippen LogP contribution is 2.02. The average Bonchev–Trinajstić information content (AvgIpc) is 2.48. The van der Waals surface area contributed by atoms with E-state index in [1.165, 1.54) is 6.39 Å². The predicted octanol–water partition coefficient (Wildman–Crippen LogP) is 0.967. The highest BCUT2D eigenvalue weighted by Gasteiger charge is 2.02. The van der Waals surface area contributed by atoms with E-state index in [1.54, 1.807) is 0 Å². The Kier molecular flexibility index (Phi) is 3.70. The van der Waals surface area contributed by atoms with Crippen molar-refractivity contribution in [2.24, 2.45) is 0 Å². The van der Waals surface area contributed by atoms with E-state index in [0.717, 1.165) is 18.0 Å². The molecule has 5 heteroatoms. The van der Waals surface area contributed by atoms with Crippen LogP contribution in [0.5, 0.6) is 0 Å². The fraction of sp³-hybridized carbons (Fsp3) is 0.500. The number of nitrogens with zero attached hydrogens (tertiary/aromatic N) is 1. The first kappa shape index (κ1) is 9.98. The third-order valence-corrected chi connectivity index (χ3v) is 1.89. The molecule has 1 heterocycles. The zero-order valence-electron chi connectivity index (χ0n) is 7.76. The van der Waals surface area contributed by atoms with E-state index in [1.807, 2.05) is 13.8 Å². The highest BCUT2D eigenvalue weighted by molar-refractivity contribution is 7.80. The first-order valence-corrected chi connectivity index (χ1v) is 4.55. The zero-order valence-corrected chi connectivity index (χ0v) is 8.57. The molecule has 0 atom stereocenters. The fourth-order valence-corrected chi connectivity index (χ4v) is 1.10. The molecular formula is C8H13N3OS. The van der Waals surface area contributed by atoms with Crippen LogP contribution in [0.4, 0.5) is 0 Å². The molecule has 1 aromatic heterocycles. The van der Waals surface area contributed by atoms with Gasteiger partial charge < -0.3 is 15.1 Å². The summed E-state index contributed by atoms with van der Waals surface area (Å²) < 4.78 is 5.04. The van der Waals surface area contributed by atoms with Gasteiger partial charge in [0.1, 0.15) is 11.5 Å². The molecule has 0 unspecified atom stereocenters. The molecule has 0 aromatic carbocycles. The van der Waals surface area contributed by atoms with Gasteiger partial charge in [-0.05, 0) is 26.1 Å². The van der Waals surface area contributed by atoms with Crippen LogP contribution in [0.2, 0.25) is 0 Å². The normalized spacial score (nSPS) is 9.69. The van der Waals surface area contributed by atoms with E-state index < -0.39 is 0 Å². The van der Waals surface area contributed by atoms with Crippen LogP contribution in [-0.2, 0) is 6.54 Å². The number of hydrogen-bond acceptors (Lipinski definition) is 3. The van der Waals surface area contributed by atoms with Crippen molar-refractivity contribution in [2.45, 2.75) is 20.4 Å². The van der Waals surface area contributed by atoms with E-state index >= 15 is 0 Å². The van der Waals surface area contributed by atoms with Gasteiger partial charge in [0, 0.05) is 6.54 Å². The number of nitrogens with one attached hydrogen (secondary N) is 2. The summed E-state index contributed by atoms with van der Waals surface area (Å²) in [5.41, 5.74) is 0.889. The van der Waals surface area contributed by atoms with Gasteiger partial charge >= 0.3 is 0 Å². The molecule has 13 heavy (non-hydrogen) atoms. The SMILES string of the molecule is CCNC(=S)NCc1ncoc1C. The molecule has 0 bridgehead atoms. The summed E-state index contributed by atoms with van der Waals surface area (Å²) >= 11 is 4.99. The van der Waals surface area contributed by atoms with Crippen LogP contribution in [0.1, 0.15) is 18.4 Å². The Labute approximate surface area is 82.7 Å². The van der Waals surface area contributed by atoms with E-state index in [9.17, 15) is 0 Å². The molecule has 1 rings (SSSR count). The molecule has 1 aromatic rings. The Morgan fingerprint density at radius 1 is 1.62 bits per heavy atom. The third kappa shape index (κ3) is 3.02. The molecule has 0 saturated carbocycles. The van der Waals surface area contributed by atoms with E-state index in [0.29, 0.717) is 11.7 Å². The summed E-state index contributed by atoms with van der Waals surface area (Å²) in [4.78, 5) is 4.03. The molecule has 0 aliphatic heterocycles. The Morgan fingerprint density at radius 3 is 2.92 bits per heavy atom. The van der Waals surface area contributed by atoms with Gasteiger partial charge in [0.05, 0.1) is 6.54 Å². The maximum atomic E-state index is 5.04. The van der Waals surface area contributed by atoms with Crippen molar-refractivity contribution in [3.8, 4) is 0 Å². The van der Waals surface area contributed by atoms with Crippen molar-refractivity contribution in [2.75, 3.05) is 6.54 Å². The van der Waals surface area contributed by atoms with Crippen molar-refractivity contribution in [1.82, 2.24) is 15.6 Å². The quantitative estimate of drug-likeness (QED) is 0.710. The molecule has 4 nitrogen and oxygen atoms in total. The van der Waals surface area contributed by atoms with Crippen LogP contribution in [0.3, 0.4) is 0 Å². The summed E-state index contributed by atoms with van der Waals surface area (Å²) in [6, 6.07) is 0. The van der Waals surface area contributed by atoms with Gasteiger partial charge in [0.25, 0.3) is 0 Å². The van der Waals surface area contributed by atoms with Gasteiger partial charge in [-0.1, -0.05) is 0 Å². The molecule has 0 aliphatic rings. The van der Waals surface area contributed by atoms with Crippen LogP contribution < -0.4 is 10.6 Å². The van der Waals surface area contributed by atoms with Crippen LogP contribution in [-0.4, -0.2) is 16.6 Å². The smallest absolute Gasteiger partial charge is 0.181 e. The zero-order chi connectivity index (χ0) is 9.68. The number of thiocarbonyl (C=S) groups is 1. The monoisotopic (exact) mass is 199 g/mol. The van der Waals surface area contributed by atoms with Crippen molar-refractivity contribution >= 4 is 17.3 Å². The Bertz CT molecular complexity index is 285. The third-order valence-electron chi connectivity index (χ3n) is 1.60. The van der Waals surface area contributed by atoms with Crippen LogP contribution in [0.15, 0.2) is 10.8 Å². The summed E-state index contributed by atoms with van der Waals surface area (Å²) in [5.74, 6) is 0.826. The first-order valence-electron chi connectivity index (χ1n) is 4.14. The van der Waals surface area contributed by atoms with Gasteiger partial charge in [-0.15, -0.1) is 0 Å². The largest absolute Gasteiger partial charge is 0.448 e. The van der Waals surface area contributed by atoms with E-state index in [4.69, 9.17) is 16.6 Å². The lowest BCUT2D eigenvalue weighted by atomic mass is 10.4. The standard InChI is InChI=1S/C8H13N3OS/c1-3-9-8(13)10-4-7-6(2)12-5-11-7/h5H,3-4H2,1-2H3,(H2,9,10,13). The van der Waals surface area contributed by atoms with Crippen molar-refractivity contribution < 1.29 is 4.42 Å². The number of oxazole rings is 1. The second kappa shape index (κ2) is 4.81. The van der Waals surface area contributed by atoms with Gasteiger partial charge in [0.15, 0.2) is 11.5 Å².